The highest BCUT2D eigenvalue weighted by molar-refractivity contribution is 5.98. The number of carbonyl (C=O) groups is 2. The second-order valence-electron chi connectivity index (χ2n) is 7.24. The van der Waals surface area contributed by atoms with E-state index in [1.54, 1.807) is 24.3 Å². The van der Waals surface area contributed by atoms with Crippen molar-refractivity contribution in [3.63, 3.8) is 0 Å². The predicted octanol–water partition coefficient (Wildman–Crippen LogP) is 2.93. The van der Waals surface area contributed by atoms with Crippen LogP contribution in [-0.2, 0) is 11.3 Å². The number of piperazine rings is 1. The summed E-state index contributed by atoms with van der Waals surface area (Å²) in [6.07, 6.45) is -0.0258. The predicted molar refractivity (Wildman–Crippen MR) is 111 cm³/mol. The van der Waals surface area contributed by atoms with Crippen molar-refractivity contribution in [2.24, 2.45) is 0 Å². The fourth-order valence-corrected chi connectivity index (χ4v) is 3.64. The molecule has 1 saturated heterocycles. The number of Topliss-reactive ketones (excluding diaryl/α,β-unsaturated/α-hetero) is 1. The number of aliphatic carboxylic acids is 1. The minimum absolute atomic E-state index is 0.0258. The fourth-order valence-electron chi connectivity index (χ4n) is 3.64. The summed E-state index contributed by atoms with van der Waals surface area (Å²) >= 11 is 0. The largest absolute Gasteiger partial charge is 0.494 e. The molecule has 0 bridgehead atoms. The lowest BCUT2D eigenvalue weighted by Gasteiger charge is -2.37. The zero-order chi connectivity index (χ0) is 20.6. The lowest BCUT2D eigenvalue weighted by atomic mass is 10.0. The number of ether oxygens (including phenoxy) is 1. The highest BCUT2D eigenvalue weighted by Gasteiger charge is 2.31. The first-order valence-electron chi connectivity index (χ1n) is 10.1. The molecule has 154 valence electrons. The standard InChI is InChI=1S/C23H28N2O4/c1-2-29-20-10-8-19(9-11-20)22(26)16-21(23(27)28)25-14-12-24(13-15-25)17-18-6-4-3-5-7-18/h3-11,21H,2,12-17H2,1H3,(H,27,28)/t21-/m0/s1. The maximum Gasteiger partial charge on any atom is 0.321 e. The number of hydrogen-bond acceptors (Lipinski definition) is 5. The molecule has 0 aliphatic carbocycles. The third-order valence-corrected chi connectivity index (χ3v) is 5.25. The average Bonchev–Trinajstić information content (AvgIpc) is 2.74. The van der Waals surface area contributed by atoms with Gasteiger partial charge in [0.05, 0.1) is 6.61 Å². The van der Waals surface area contributed by atoms with Gasteiger partial charge >= 0.3 is 5.97 Å². The number of carboxylic acids is 1. The molecule has 29 heavy (non-hydrogen) atoms. The van der Waals surface area contributed by atoms with Gasteiger partial charge in [-0.15, -0.1) is 0 Å². The Morgan fingerprint density at radius 3 is 2.24 bits per heavy atom. The number of rotatable bonds is 9. The van der Waals surface area contributed by atoms with Crippen LogP contribution in [0.3, 0.4) is 0 Å². The van der Waals surface area contributed by atoms with E-state index in [4.69, 9.17) is 4.74 Å². The summed E-state index contributed by atoms with van der Waals surface area (Å²) in [7, 11) is 0. The quantitative estimate of drug-likeness (QED) is 0.657. The molecule has 1 N–H and O–H groups in total. The van der Waals surface area contributed by atoms with Crippen LogP contribution in [0.2, 0.25) is 0 Å². The number of nitrogens with zero attached hydrogens (tertiary/aromatic N) is 2. The topological polar surface area (TPSA) is 70.1 Å². The summed E-state index contributed by atoms with van der Waals surface area (Å²) in [5.74, 6) is -0.402. The van der Waals surface area contributed by atoms with Gasteiger partial charge in [0.15, 0.2) is 5.78 Å². The van der Waals surface area contributed by atoms with Gasteiger partial charge in [-0.3, -0.25) is 19.4 Å². The van der Waals surface area contributed by atoms with Gasteiger partial charge in [0.2, 0.25) is 0 Å². The van der Waals surface area contributed by atoms with Gasteiger partial charge in [-0.1, -0.05) is 30.3 Å². The van der Waals surface area contributed by atoms with Gasteiger partial charge in [-0.2, -0.15) is 0 Å². The monoisotopic (exact) mass is 396 g/mol. The van der Waals surface area contributed by atoms with Gasteiger partial charge in [-0.25, -0.2) is 0 Å². The van der Waals surface area contributed by atoms with E-state index in [0.717, 1.165) is 19.6 Å². The Morgan fingerprint density at radius 1 is 1.00 bits per heavy atom. The van der Waals surface area contributed by atoms with Crippen LogP contribution >= 0.6 is 0 Å². The summed E-state index contributed by atoms with van der Waals surface area (Å²) in [6, 6.07) is 16.3. The molecule has 0 spiro atoms. The Labute approximate surface area is 171 Å². The molecule has 1 heterocycles. The maximum absolute atomic E-state index is 12.6. The first-order valence-corrected chi connectivity index (χ1v) is 10.1. The summed E-state index contributed by atoms with van der Waals surface area (Å²) in [5, 5.41) is 9.71. The molecule has 1 aliphatic rings. The van der Waals surface area contributed by atoms with Crippen LogP contribution in [0.25, 0.3) is 0 Å². The molecule has 1 fully saturated rings. The second-order valence-corrected chi connectivity index (χ2v) is 7.24. The Balaban J connectivity index is 1.56. The van der Waals surface area contributed by atoms with E-state index in [1.807, 2.05) is 30.0 Å². The zero-order valence-electron chi connectivity index (χ0n) is 16.8. The van der Waals surface area contributed by atoms with Gasteiger partial charge in [-0.05, 0) is 36.8 Å². The van der Waals surface area contributed by atoms with Gasteiger partial charge in [0.25, 0.3) is 0 Å². The van der Waals surface area contributed by atoms with Crippen LogP contribution in [-0.4, -0.2) is 65.5 Å². The summed E-state index contributed by atoms with van der Waals surface area (Å²) in [5.41, 5.74) is 1.77. The summed E-state index contributed by atoms with van der Waals surface area (Å²) in [4.78, 5) is 28.7. The number of ketones is 1. The molecule has 1 aliphatic heterocycles. The smallest absolute Gasteiger partial charge is 0.321 e. The molecule has 0 unspecified atom stereocenters. The van der Waals surface area contributed by atoms with Crippen molar-refractivity contribution in [3.8, 4) is 5.75 Å². The fraction of sp³-hybridized carbons (Fsp3) is 0.391. The third-order valence-electron chi connectivity index (χ3n) is 5.25. The van der Waals surface area contributed by atoms with Crippen LogP contribution in [0.1, 0.15) is 29.3 Å². The van der Waals surface area contributed by atoms with E-state index in [1.165, 1.54) is 5.56 Å². The minimum atomic E-state index is -0.944. The van der Waals surface area contributed by atoms with Crippen molar-refractivity contribution < 1.29 is 19.4 Å². The Bertz CT molecular complexity index is 799. The third kappa shape index (κ3) is 5.89. The lowest BCUT2D eigenvalue weighted by Crippen LogP contribution is -2.52. The normalized spacial score (nSPS) is 16.3. The average molecular weight is 396 g/mol. The molecule has 1 atom stereocenters. The van der Waals surface area contributed by atoms with Crippen LogP contribution in [0.5, 0.6) is 5.75 Å². The first-order chi connectivity index (χ1) is 14.1. The minimum Gasteiger partial charge on any atom is -0.494 e. The van der Waals surface area contributed by atoms with Crippen LogP contribution in [0.4, 0.5) is 0 Å². The van der Waals surface area contributed by atoms with Gasteiger partial charge in [0.1, 0.15) is 11.8 Å². The molecule has 0 amide bonds. The molecular weight excluding hydrogens is 368 g/mol. The van der Waals surface area contributed by atoms with Gasteiger partial charge in [0, 0.05) is 44.7 Å². The van der Waals surface area contributed by atoms with E-state index in [9.17, 15) is 14.7 Å². The van der Waals surface area contributed by atoms with Gasteiger partial charge < -0.3 is 9.84 Å². The molecule has 2 aromatic rings. The molecule has 6 nitrogen and oxygen atoms in total. The summed E-state index contributed by atoms with van der Waals surface area (Å²) < 4.78 is 5.39. The maximum atomic E-state index is 12.6. The van der Waals surface area contributed by atoms with Crippen molar-refractivity contribution in [2.45, 2.75) is 25.9 Å². The van der Waals surface area contributed by atoms with Crippen molar-refractivity contribution in [2.75, 3.05) is 32.8 Å². The number of hydrogen-bond donors (Lipinski definition) is 1. The molecule has 0 radical (unpaired) electrons. The molecule has 2 aromatic carbocycles. The Kier molecular flexibility index (Phi) is 7.38. The molecule has 3 rings (SSSR count). The highest BCUT2D eigenvalue weighted by atomic mass is 16.5. The SMILES string of the molecule is CCOc1ccc(C(=O)C[C@@H](C(=O)O)N2CCN(Cc3ccccc3)CC2)cc1. The number of carbonyl (C=O) groups excluding carboxylic acids is 1. The molecule has 6 heteroatoms. The van der Waals surface area contributed by atoms with E-state index in [2.05, 4.69) is 17.0 Å². The van der Waals surface area contributed by atoms with E-state index < -0.39 is 12.0 Å². The van der Waals surface area contributed by atoms with Crippen LogP contribution < -0.4 is 4.74 Å². The Morgan fingerprint density at radius 2 is 1.66 bits per heavy atom. The van der Waals surface area contributed by atoms with Crippen molar-refractivity contribution in [3.05, 3.63) is 65.7 Å². The molecule has 0 aromatic heterocycles. The lowest BCUT2D eigenvalue weighted by molar-refractivity contribution is -0.144. The number of carboxylic acid groups (broad SMARTS) is 1. The first kappa shape index (κ1) is 21.0. The van der Waals surface area contributed by atoms with E-state index >= 15 is 0 Å². The van der Waals surface area contributed by atoms with Crippen molar-refractivity contribution in [1.82, 2.24) is 9.80 Å². The second kappa shape index (κ2) is 10.2. The highest BCUT2D eigenvalue weighted by Crippen LogP contribution is 2.17. The van der Waals surface area contributed by atoms with Crippen molar-refractivity contribution in [1.29, 1.82) is 0 Å². The van der Waals surface area contributed by atoms with Crippen LogP contribution in [0.15, 0.2) is 54.6 Å². The Hall–Kier alpha value is -2.70. The van der Waals surface area contributed by atoms with Crippen molar-refractivity contribution >= 4 is 11.8 Å². The van der Waals surface area contributed by atoms with E-state index in [-0.39, 0.29) is 12.2 Å². The van der Waals surface area contributed by atoms with Crippen LogP contribution in [0, 0.1) is 0 Å². The molecule has 0 saturated carbocycles. The molecular formula is C23H28N2O4. The summed E-state index contributed by atoms with van der Waals surface area (Å²) in [6.45, 7) is 6.17. The zero-order valence-corrected chi connectivity index (χ0v) is 16.8. The number of benzene rings is 2. The van der Waals surface area contributed by atoms with E-state index in [0.29, 0.717) is 31.0 Å².